The number of hydrogen-bond acceptors (Lipinski definition) is 5. The fourth-order valence-electron chi connectivity index (χ4n) is 3.63. The zero-order valence-electron chi connectivity index (χ0n) is 15.8. The fraction of sp³-hybridized carbons (Fsp3) is 0.381. The zero-order valence-corrected chi connectivity index (χ0v) is 15.8. The molecular weight excluding hydrogens is 346 g/mol. The maximum atomic E-state index is 13.0. The van der Waals surface area contributed by atoms with Crippen LogP contribution in [0.25, 0.3) is 0 Å². The molecule has 0 saturated heterocycles. The molecule has 0 atom stereocenters. The topological polar surface area (TPSA) is 74.6 Å². The predicted molar refractivity (Wildman–Crippen MR) is 98.6 cm³/mol. The lowest BCUT2D eigenvalue weighted by molar-refractivity contribution is -0.164. The van der Waals surface area contributed by atoms with Crippen molar-refractivity contribution >= 4 is 17.7 Å². The van der Waals surface area contributed by atoms with E-state index in [1.165, 1.54) is 0 Å². The number of rotatable bonds is 6. The van der Waals surface area contributed by atoms with Gasteiger partial charge in [-0.1, -0.05) is 23.8 Å². The number of ketones is 1. The first-order chi connectivity index (χ1) is 13.0. The van der Waals surface area contributed by atoms with Crippen molar-refractivity contribution in [1.82, 2.24) is 4.57 Å². The molecule has 27 heavy (non-hydrogen) atoms. The van der Waals surface area contributed by atoms with Gasteiger partial charge in [-0.25, -0.2) is 0 Å². The number of aryl methyl sites for hydroxylation is 1. The minimum Gasteiger partial charge on any atom is -0.465 e. The highest BCUT2D eigenvalue weighted by Gasteiger charge is 2.55. The van der Waals surface area contributed by atoms with Gasteiger partial charge in [0.1, 0.15) is 0 Å². The van der Waals surface area contributed by atoms with Crippen LogP contribution in [0.1, 0.15) is 47.6 Å². The third-order valence-electron chi connectivity index (χ3n) is 4.89. The van der Waals surface area contributed by atoms with Gasteiger partial charge in [0.2, 0.25) is 11.2 Å². The van der Waals surface area contributed by atoms with Gasteiger partial charge in [0.05, 0.1) is 18.9 Å². The Hall–Kier alpha value is -2.89. The van der Waals surface area contributed by atoms with Crippen LogP contribution >= 0.6 is 0 Å². The highest BCUT2D eigenvalue weighted by atomic mass is 16.6. The van der Waals surface area contributed by atoms with Crippen molar-refractivity contribution < 1.29 is 23.9 Å². The van der Waals surface area contributed by atoms with Crippen LogP contribution in [0, 0.1) is 6.92 Å². The van der Waals surface area contributed by atoms with Gasteiger partial charge in [-0.2, -0.15) is 0 Å². The molecule has 0 amide bonds. The maximum Gasteiger partial charge on any atom is 0.329 e. The van der Waals surface area contributed by atoms with Crippen LogP contribution in [0.2, 0.25) is 0 Å². The van der Waals surface area contributed by atoms with Crippen LogP contribution in [-0.4, -0.2) is 35.5 Å². The summed E-state index contributed by atoms with van der Waals surface area (Å²) in [6.45, 7) is 6.00. The SMILES string of the molecule is CCOC(=O)C1(C(=O)OCC)CCn2c(C(=O)c3cccc(C)c3)ccc21. The van der Waals surface area contributed by atoms with Crippen molar-refractivity contribution in [2.45, 2.75) is 39.2 Å². The number of esters is 2. The number of ether oxygens (including phenoxy) is 2. The molecule has 1 aromatic carbocycles. The number of fused-ring (bicyclic) bond motifs is 1. The molecular formula is C21H23NO5. The Morgan fingerprint density at radius 1 is 1.04 bits per heavy atom. The lowest BCUT2D eigenvalue weighted by Gasteiger charge is -2.23. The van der Waals surface area contributed by atoms with Crippen molar-refractivity contribution in [3.05, 3.63) is 58.9 Å². The van der Waals surface area contributed by atoms with Crippen molar-refractivity contribution in [2.75, 3.05) is 13.2 Å². The van der Waals surface area contributed by atoms with E-state index in [1.807, 2.05) is 25.1 Å². The largest absolute Gasteiger partial charge is 0.465 e. The Labute approximate surface area is 158 Å². The number of benzene rings is 1. The van der Waals surface area contributed by atoms with Crippen LogP contribution in [0.3, 0.4) is 0 Å². The van der Waals surface area contributed by atoms with Crippen LogP contribution < -0.4 is 0 Å². The summed E-state index contributed by atoms with van der Waals surface area (Å²) in [6, 6.07) is 10.6. The average Bonchev–Trinajstić information content (AvgIpc) is 3.22. The summed E-state index contributed by atoms with van der Waals surface area (Å²) in [5.74, 6) is -1.40. The predicted octanol–water partition coefficient (Wildman–Crippen LogP) is 2.80. The molecule has 0 fully saturated rings. The van der Waals surface area contributed by atoms with Crippen LogP contribution in [0.15, 0.2) is 36.4 Å². The fourth-order valence-corrected chi connectivity index (χ4v) is 3.63. The molecule has 6 heteroatoms. The minimum atomic E-state index is -1.52. The molecule has 3 rings (SSSR count). The van der Waals surface area contributed by atoms with Crippen molar-refractivity contribution in [3.8, 4) is 0 Å². The molecule has 1 aliphatic rings. The molecule has 2 aromatic rings. The molecule has 1 aliphatic heterocycles. The third-order valence-corrected chi connectivity index (χ3v) is 4.89. The summed E-state index contributed by atoms with van der Waals surface area (Å²) < 4.78 is 12.1. The molecule has 6 nitrogen and oxygen atoms in total. The van der Waals surface area contributed by atoms with E-state index in [4.69, 9.17) is 9.47 Å². The molecule has 0 bridgehead atoms. The summed E-state index contributed by atoms with van der Waals surface area (Å²) in [4.78, 5) is 38.4. The number of carbonyl (C=O) groups excluding carboxylic acids is 3. The lowest BCUT2D eigenvalue weighted by atomic mass is 9.83. The molecule has 2 heterocycles. The second-order valence-corrected chi connectivity index (χ2v) is 6.55. The zero-order chi connectivity index (χ0) is 19.6. The second-order valence-electron chi connectivity index (χ2n) is 6.55. The van der Waals surface area contributed by atoms with Crippen LogP contribution in [0.5, 0.6) is 0 Å². The maximum absolute atomic E-state index is 13.0. The van der Waals surface area contributed by atoms with Gasteiger partial charge >= 0.3 is 11.9 Å². The Balaban J connectivity index is 2.05. The van der Waals surface area contributed by atoms with E-state index in [0.717, 1.165) is 5.56 Å². The van der Waals surface area contributed by atoms with Crippen molar-refractivity contribution in [1.29, 1.82) is 0 Å². The Kier molecular flexibility index (Phi) is 5.17. The van der Waals surface area contributed by atoms with E-state index < -0.39 is 17.4 Å². The molecule has 0 N–H and O–H groups in total. The number of hydrogen-bond donors (Lipinski definition) is 0. The van der Waals surface area contributed by atoms with Gasteiger partial charge in [0.25, 0.3) is 0 Å². The van der Waals surface area contributed by atoms with Crippen LogP contribution in [-0.2, 0) is 31.0 Å². The summed E-state index contributed by atoms with van der Waals surface area (Å²) in [5, 5.41) is 0. The summed E-state index contributed by atoms with van der Waals surface area (Å²) >= 11 is 0. The quantitative estimate of drug-likeness (QED) is 0.445. The molecule has 0 unspecified atom stereocenters. The number of nitrogens with zero attached hydrogens (tertiary/aromatic N) is 1. The number of aromatic nitrogens is 1. The Bertz CT molecular complexity index is 878. The first kappa shape index (κ1) is 18.9. The summed E-state index contributed by atoms with van der Waals surface area (Å²) in [6.07, 6.45) is 0.217. The normalized spacial score (nSPS) is 14.5. The van der Waals surface area contributed by atoms with Gasteiger partial charge < -0.3 is 14.0 Å². The van der Waals surface area contributed by atoms with Crippen molar-refractivity contribution in [2.24, 2.45) is 0 Å². The third kappa shape index (κ3) is 3.05. The Morgan fingerprint density at radius 2 is 1.70 bits per heavy atom. The highest BCUT2D eigenvalue weighted by Crippen LogP contribution is 2.39. The molecule has 0 spiro atoms. The standard InChI is InChI=1S/C21H23NO5/c1-4-26-19(24)21(20(25)27-5-2)11-12-22-16(9-10-17(21)22)18(23)15-8-6-7-14(3)13-15/h6-10,13H,4-5,11-12H2,1-3H3. The van der Waals surface area contributed by atoms with Gasteiger partial charge in [-0.3, -0.25) is 14.4 Å². The molecule has 1 aromatic heterocycles. The van der Waals surface area contributed by atoms with Gasteiger partial charge in [0.15, 0.2) is 0 Å². The molecule has 0 aliphatic carbocycles. The smallest absolute Gasteiger partial charge is 0.329 e. The minimum absolute atomic E-state index is 0.145. The second kappa shape index (κ2) is 7.39. The van der Waals surface area contributed by atoms with Crippen molar-refractivity contribution in [3.63, 3.8) is 0 Å². The van der Waals surface area contributed by atoms with E-state index in [2.05, 4.69) is 0 Å². The van der Waals surface area contributed by atoms with E-state index in [-0.39, 0.29) is 25.4 Å². The summed E-state index contributed by atoms with van der Waals surface area (Å²) in [7, 11) is 0. The van der Waals surface area contributed by atoms with E-state index in [9.17, 15) is 14.4 Å². The van der Waals surface area contributed by atoms with Crippen LogP contribution in [0.4, 0.5) is 0 Å². The monoisotopic (exact) mass is 369 g/mol. The number of carbonyl (C=O) groups is 3. The van der Waals surface area contributed by atoms with E-state index in [0.29, 0.717) is 23.5 Å². The lowest BCUT2D eigenvalue weighted by Crippen LogP contribution is -2.44. The average molecular weight is 369 g/mol. The Morgan fingerprint density at radius 3 is 2.30 bits per heavy atom. The van der Waals surface area contributed by atoms with Gasteiger partial charge in [0, 0.05) is 17.8 Å². The molecule has 0 saturated carbocycles. The highest BCUT2D eigenvalue weighted by molar-refractivity contribution is 6.10. The molecule has 0 radical (unpaired) electrons. The van der Waals surface area contributed by atoms with Gasteiger partial charge in [-0.05, 0) is 45.4 Å². The van der Waals surface area contributed by atoms with E-state index in [1.54, 1.807) is 36.6 Å². The first-order valence-electron chi connectivity index (χ1n) is 9.11. The van der Waals surface area contributed by atoms with Gasteiger partial charge in [-0.15, -0.1) is 0 Å². The summed E-state index contributed by atoms with van der Waals surface area (Å²) in [5.41, 5.74) is 0.945. The first-order valence-corrected chi connectivity index (χ1v) is 9.11. The van der Waals surface area contributed by atoms with E-state index >= 15 is 0 Å². The molecule has 142 valence electrons.